The highest BCUT2D eigenvalue weighted by atomic mass is 32.1. The van der Waals surface area contributed by atoms with Gasteiger partial charge < -0.3 is 4.74 Å². The van der Waals surface area contributed by atoms with Gasteiger partial charge in [0.1, 0.15) is 5.69 Å². The quantitative estimate of drug-likeness (QED) is 0.728. The lowest BCUT2D eigenvalue weighted by molar-refractivity contribution is 0.103. The van der Waals surface area contributed by atoms with Crippen molar-refractivity contribution in [1.29, 1.82) is 0 Å². The summed E-state index contributed by atoms with van der Waals surface area (Å²) in [5, 5.41) is 9.36. The van der Waals surface area contributed by atoms with Crippen molar-refractivity contribution in [3.63, 3.8) is 0 Å². The second kappa shape index (κ2) is 4.14. The molecule has 0 saturated carbocycles. The smallest absolute Gasteiger partial charge is 0.273 e. The number of carbonyl (C=O) groups is 1. The Morgan fingerprint density at radius 1 is 1.47 bits per heavy atom. The van der Waals surface area contributed by atoms with Crippen LogP contribution in [-0.2, 0) is 0 Å². The van der Waals surface area contributed by atoms with Crippen molar-refractivity contribution >= 4 is 17.1 Å². The zero-order valence-corrected chi connectivity index (χ0v) is 8.69. The minimum atomic E-state index is -0.176. The second-order valence-electron chi connectivity index (χ2n) is 2.66. The Balaban J connectivity index is 2.29. The van der Waals surface area contributed by atoms with Gasteiger partial charge in [-0.1, -0.05) is 11.3 Å². The Morgan fingerprint density at radius 2 is 2.33 bits per heavy atom. The van der Waals surface area contributed by atoms with Crippen LogP contribution in [0.5, 0.6) is 5.19 Å². The normalized spacial score (nSPS) is 9.93. The molecule has 0 N–H and O–H groups in total. The van der Waals surface area contributed by atoms with Crippen LogP contribution in [0.2, 0.25) is 0 Å². The average molecular weight is 221 g/mol. The SMILES string of the molecule is COc1nc(C(=O)c2ccnnc2)cs1. The van der Waals surface area contributed by atoms with Crippen LogP contribution in [0.15, 0.2) is 23.8 Å². The van der Waals surface area contributed by atoms with Crippen LogP contribution in [0, 0.1) is 0 Å². The van der Waals surface area contributed by atoms with Gasteiger partial charge in [0.25, 0.3) is 5.19 Å². The Kier molecular flexibility index (Phi) is 2.68. The molecule has 0 aliphatic carbocycles. The summed E-state index contributed by atoms with van der Waals surface area (Å²) >= 11 is 1.28. The summed E-state index contributed by atoms with van der Waals surface area (Å²) in [6, 6.07) is 1.60. The van der Waals surface area contributed by atoms with Crippen molar-refractivity contribution in [3.05, 3.63) is 35.1 Å². The largest absolute Gasteiger partial charge is 0.473 e. The summed E-state index contributed by atoms with van der Waals surface area (Å²) in [7, 11) is 1.51. The molecule has 2 rings (SSSR count). The van der Waals surface area contributed by atoms with Gasteiger partial charge in [0, 0.05) is 10.9 Å². The molecule has 0 fully saturated rings. The minimum Gasteiger partial charge on any atom is -0.473 e. The molecular formula is C9H7N3O2S. The van der Waals surface area contributed by atoms with Gasteiger partial charge in [-0.2, -0.15) is 15.2 Å². The summed E-state index contributed by atoms with van der Waals surface area (Å²) in [6.07, 6.45) is 2.88. The van der Waals surface area contributed by atoms with Crippen molar-refractivity contribution in [2.75, 3.05) is 7.11 Å². The molecule has 0 atom stereocenters. The van der Waals surface area contributed by atoms with E-state index in [0.29, 0.717) is 16.5 Å². The Labute approximate surface area is 89.8 Å². The lowest BCUT2D eigenvalue weighted by Gasteiger charge is -1.94. The highest BCUT2D eigenvalue weighted by Gasteiger charge is 2.13. The van der Waals surface area contributed by atoms with E-state index >= 15 is 0 Å². The molecule has 6 heteroatoms. The molecule has 0 saturated heterocycles. The molecule has 0 spiro atoms. The molecule has 15 heavy (non-hydrogen) atoms. The summed E-state index contributed by atoms with van der Waals surface area (Å²) in [6.45, 7) is 0. The number of carbonyl (C=O) groups excluding carboxylic acids is 1. The molecule has 0 radical (unpaired) electrons. The van der Waals surface area contributed by atoms with E-state index in [1.54, 1.807) is 11.4 Å². The summed E-state index contributed by atoms with van der Waals surface area (Å²) in [4.78, 5) is 15.8. The van der Waals surface area contributed by atoms with Crippen molar-refractivity contribution in [1.82, 2.24) is 15.2 Å². The van der Waals surface area contributed by atoms with Crippen LogP contribution in [0.4, 0.5) is 0 Å². The van der Waals surface area contributed by atoms with Gasteiger partial charge in [-0.25, -0.2) is 0 Å². The molecule has 0 aromatic carbocycles. The number of rotatable bonds is 3. The maximum absolute atomic E-state index is 11.8. The number of methoxy groups -OCH3 is 1. The first-order valence-corrected chi connectivity index (χ1v) is 5.00. The molecule has 0 aliphatic heterocycles. The van der Waals surface area contributed by atoms with E-state index in [-0.39, 0.29) is 5.78 Å². The number of hydrogen-bond acceptors (Lipinski definition) is 6. The molecule has 0 unspecified atom stereocenters. The summed E-state index contributed by atoms with van der Waals surface area (Å²) < 4.78 is 4.91. The van der Waals surface area contributed by atoms with Gasteiger partial charge >= 0.3 is 0 Å². The van der Waals surface area contributed by atoms with E-state index in [0.717, 1.165) is 0 Å². The second-order valence-corrected chi connectivity index (χ2v) is 3.48. The monoisotopic (exact) mass is 221 g/mol. The fraction of sp³-hybridized carbons (Fsp3) is 0.111. The third-order valence-corrected chi connectivity index (χ3v) is 2.54. The van der Waals surface area contributed by atoms with Crippen LogP contribution >= 0.6 is 11.3 Å². The van der Waals surface area contributed by atoms with E-state index in [1.807, 2.05) is 0 Å². The maximum atomic E-state index is 11.8. The molecule has 2 heterocycles. The van der Waals surface area contributed by atoms with Gasteiger partial charge in [-0.3, -0.25) is 4.79 Å². The van der Waals surface area contributed by atoms with E-state index in [1.165, 1.54) is 30.8 Å². The lowest BCUT2D eigenvalue weighted by Crippen LogP contribution is -2.02. The fourth-order valence-electron chi connectivity index (χ4n) is 1.03. The van der Waals surface area contributed by atoms with E-state index in [9.17, 15) is 4.79 Å². The molecule has 0 amide bonds. The standard InChI is InChI=1S/C9H7N3O2S/c1-14-9-12-7(5-15-9)8(13)6-2-3-10-11-4-6/h2-5H,1H3. The number of nitrogens with zero attached hydrogens (tertiary/aromatic N) is 3. The van der Waals surface area contributed by atoms with Crippen LogP contribution in [0.3, 0.4) is 0 Å². The summed E-state index contributed by atoms with van der Waals surface area (Å²) in [5.74, 6) is -0.176. The Morgan fingerprint density at radius 3 is 2.93 bits per heavy atom. The van der Waals surface area contributed by atoms with Crippen LogP contribution < -0.4 is 4.74 Å². The van der Waals surface area contributed by atoms with Crippen molar-refractivity contribution in [2.45, 2.75) is 0 Å². The number of ether oxygens (including phenoxy) is 1. The first kappa shape index (κ1) is 9.72. The number of ketones is 1. The van der Waals surface area contributed by atoms with Crippen LogP contribution in [0.25, 0.3) is 0 Å². The predicted octanol–water partition coefficient (Wildman–Crippen LogP) is 1.17. The van der Waals surface area contributed by atoms with Gasteiger partial charge in [0.05, 0.1) is 19.5 Å². The molecule has 5 nitrogen and oxygen atoms in total. The summed E-state index contributed by atoms with van der Waals surface area (Å²) in [5.41, 5.74) is 0.836. The first-order chi connectivity index (χ1) is 7.31. The van der Waals surface area contributed by atoms with Gasteiger partial charge in [0.15, 0.2) is 0 Å². The molecular weight excluding hydrogens is 214 g/mol. The molecule has 76 valence electrons. The van der Waals surface area contributed by atoms with Crippen LogP contribution in [0.1, 0.15) is 16.1 Å². The lowest BCUT2D eigenvalue weighted by atomic mass is 10.2. The number of aromatic nitrogens is 3. The highest BCUT2D eigenvalue weighted by molar-refractivity contribution is 7.11. The zero-order valence-electron chi connectivity index (χ0n) is 7.88. The van der Waals surface area contributed by atoms with Crippen molar-refractivity contribution in [3.8, 4) is 5.19 Å². The van der Waals surface area contributed by atoms with E-state index in [4.69, 9.17) is 4.74 Å². The maximum Gasteiger partial charge on any atom is 0.273 e. The fourth-order valence-corrected chi connectivity index (χ4v) is 1.65. The van der Waals surface area contributed by atoms with E-state index < -0.39 is 0 Å². The Hall–Kier alpha value is -1.82. The van der Waals surface area contributed by atoms with Crippen LogP contribution in [-0.4, -0.2) is 28.1 Å². The molecule has 2 aromatic rings. The third kappa shape index (κ3) is 1.99. The number of thiazole rings is 1. The first-order valence-electron chi connectivity index (χ1n) is 4.12. The molecule has 2 aromatic heterocycles. The van der Waals surface area contributed by atoms with Crippen molar-refractivity contribution < 1.29 is 9.53 Å². The van der Waals surface area contributed by atoms with Gasteiger partial charge in [-0.05, 0) is 6.07 Å². The topological polar surface area (TPSA) is 65.0 Å². The van der Waals surface area contributed by atoms with Gasteiger partial charge in [0.2, 0.25) is 5.78 Å². The minimum absolute atomic E-state index is 0.176. The Bertz CT molecular complexity index is 469. The zero-order chi connectivity index (χ0) is 10.7. The average Bonchev–Trinajstić information content (AvgIpc) is 2.78. The highest BCUT2D eigenvalue weighted by Crippen LogP contribution is 2.19. The molecule has 0 aliphatic rings. The van der Waals surface area contributed by atoms with E-state index in [2.05, 4.69) is 15.2 Å². The number of hydrogen-bond donors (Lipinski definition) is 0. The third-order valence-electron chi connectivity index (χ3n) is 1.74. The predicted molar refractivity (Wildman–Crippen MR) is 54.1 cm³/mol. The van der Waals surface area contributed by atoms with Gasteiger partial charge in [-0.15, -0.1) is 0 Å². The molecule has 0 bridgehead atoms. The van der Waals surface area contributed by atoms with Crippen molar-refractivity contribution in [2.24, 2.45) is 0 Å².